The molecule has 0 aliphatic heterocycles. The van der Waals surface area contributed by atoms with Gasteiger partial charge in [0, 0.05) is 6.54 Å². The highest BCUT2D eigenvalue weighted by atomic mass is 16.6. The van der Waals surface area contributed by atoms with Gasteiger partial charge in [-0.1, -0.05) is 13.3 Å². The van der Waals surface area contributed by atoms with Gasteiger partial charge in [0.05, 0.1) is 6.10 Å². The second kappa shape index (κ2) is 5.86. The summed E-state index contributed by atoms with van der Waals surface area (Å²) < 4.78 is 5.11. The molecule has 0 aromatic rings. The molecule has 14 heavy (non-hydrogen) atoms. The number of alkyl carbamates (subject to hydrolysis) is 1. The molecule has 0 aromatic heterocycles. The van der Waals surface area contributed by atoms with Crippen molar-refractivity contribution in [2.24, 2.45) is 0 Å². The van der Waals surface area contributed by atoms with Crippen LogP contribution in [-0.4, -0.2) is 30.0 Å². The Labute approximate surface area is 84.6 Å². The maximum absolute atomic E-state index is 11.2. The van der Waals surface area contributed by atoms with Gasteiger partial charge in [-0.25, -0.2) is 4.79 Å². The van der Waals surface area contributed by atoms with Gasteiger partial charge in [-0.05, 0) is 25.7 Å². The second-order valence-electron chi connectivity index (χ2n) is 3.72. The number of rotatable bonds is 3. The van der Waals surface area contributed by atoms with Crippen LogP contribution in [-0.2, 0) is 4.74 Å². The predicted octanol–water partition coefficient (Wildman–Crippen LogP) is 1.43. The van der Waals surface area contributed by atoms with Gasteiger partial charge in [-0.15, -0.1) is 0 Å². The highest BCUT2D eigenvalue weighted by Crippen LogP contribution is 2.20. The van der Waals surface area contributed by atoms with Crippen molar-refractivity contribution in [3.8, 4) is 0 Å². The van der Waals surface area contributed by atoms with Gasteiger partial charge >= 0.3 is 6.09 Å². The Kier molecular flexibility index (Phi) is 4.73. The first-order valence-corrected chi connectivity index (χ1v) is 5.36. The van der Waals surface area contributed by atoms with Crippen LogP contribution in [0.1, 0.15) is 39.0 Å². The molecule has 1 amide bonds. The normalized spacial score (nSPS) is 27.0. The molecule has 0 heterocycles. The van der Waals surface area contributed by atoms with E-state index in [1.165, 1.54) is 0 Å². The Balaban J connectivity index is 2.23. The van der Waals surface area contributed by atoms with Crippen molar-refractivity contribution in [3.63, 3.8) is 0 Å². The average Bonchev–Trinajstić information content (AvgIpc) is 2.18. The minimum Gasteiger partial charge on any atom is -0.443 e. The Morgan fingerprint density at radius 3 is 2.86 bits per heavy atom. The fraction of sp³-hybridized carbons (Fsp3) is 0.900. The number of carbonyl (C=O) groups is 1. The van der Waals surface area contributed by atoms with Gasteiger partial charge in [0.2, 0.25) is 0 Å². The highest BCUT2D eigenvalue weighted by molar-refractivity contribution is 5.67. The first kappa shape index (κ1) is 11.3. The Morgan fingerprint density at radius 1 is 1.50 bits per heavy atom. The number of hydrogen-bond donors (Lipinski definition) is 2. The smallest absolute Gasteiger partial charge is 0.407 e. The standard InChI is InChI=1S/C10H19NO3/c1-2-7-11-10(13)14-9-6-4-3-5-8(9)12/h8-9,12H,2-7H2,1H3,(H,11,13). The Hall–Kier alpha value is -0.770. The highest BCUT2D eigenvalue weighted by Gasteiger charge is 2.26. The molecular weight excluding hydrogens is 182 g/mol. The molecule has 0 spiro atoms. The molecule has 2 atom stereocenters. The van der Waals surface area contributed by atoms with Crippen molar-refractivity contribution in [1.29, 1.82) is 0 Å². The molecule has 1 saturated carbocycles. The lowest BCUT2D eigenvalue weighted by atomic mass is 9.95. The van der Waals surface area contributed by atoms with E-state index in [9.17, 15) is 9.90 Å². The van der Waals surface area contributed by atoms with Crippen LogP contribution in [0.3, 0.4) is 0 Å². The molecule has 1 aliphatic rings. The van der Waals surface area contributed by atoms with Crippen LogP contribution in [0.5, 0.6) is 0 Å². The third-order valence-electron chi connectivity index (χ3n) is 2.45. The fourth-order valence-electron chi connectivity index (χ4n) is 1.62. The van der Waals surface area contributed by atoms with Crippen molar-refractivity contribution in [2.45, 2.75) is 51.2 Å². The molecule has 1 rings (SSSR count). The third kappa shape index (κ3) is 3.54. The number of aliphatic hydroxyl groups excluding tert-OH is 1. The van der Waals surface area contributed by atoms with Crippen molar-refractivity contribution >= 4 is 6.09 Å². The summed E-state index contributed by atoms with van der Waals surface area (Å²) in [5.74, 6) is 0. The molecule has 1 aliphatic carbocycles. The van der Waals surface area contributed by atoms with Gasteiger partial charge in [0.15, 0.2) is 0 Å². The zero-order valence-electron chi connectivity index (χ0n) is 8.66. The Bertz CT molecular complexity index is 184. The maximum atomic E-state index is 11.2. The number of carbonyl (C=O) groups excluding carboxylic acids is 1. The van der Waals surface area contributed by atoms with Crippen LogP contribution in [0, 0.1) is 0 Å². The van der Waals surface area contributed by atoms with Crippen molar-refractivity contribution in [2.75, 3.05) is 6.54 Å². The lowest BCUT2D eigenvalue weighted by molar-refractivity contribution is -0.0210. The summed E-state index contributed by atoms with van der Waals surface area (Å²) in [6, 6.07) is 0. The average molecular weight is 201 g/mol. The van der Waals surface area contributed by atoms with Crippen LogP contribution < -0.4 is 5.32 Å². The number of amides is 1. The van der Waals surface area contributed by atoms with E-state index in [0.29, 0.717) is 6.54 Å². The van der Waals surface area contributed by atoms with E-state index in [1.807, 2.05) is 6.92 Å². The minimum atomic E-state index is -0.476. The monoisotopic (exact) mass is 201 g/mol. The van der Waals surface area contributed by atoms with E-state index < -0.39 is 12.2 Å². The van der Waals surface area contributed by atoms with Crippen molar-refractivity contribution < 1.29 is 14.6 Å². The molecule has 82 valence electrons. The summed E-state index contributed by atoms with van der Waals surface area (Å²) in [6.07, 6.45) is 3.28. The van der Waals surface area contributed by atoms with Gasteiger partial charge < -0.3 is 15.2 Å². The number of ether oxygens (including phenoxy) is 1. The van der Waals surface area contributed by atoms with Gasteiger partial charge in [0.25, 0.3) is 0 Å². The lowest BCUT2D eigenvalue weighted by Gasteiger charge is -2.27. The van der Waals surface area contributed by atoms with Crippen LogP contribution in [0.15, 0.2) is 0 Å². The number of nitrogens with one attached hydrogen (secondary N) is 1. The lowest BCUT2D eigenvalue weighted by Crippen LogP contribution is -2.37. The van der Waals surface area contributed by atoms with E-state index in [2.05, 4.69) is 5.32 Å². The number of aliphatic hydroxyl groups is 1. The molecule has 4 heteroatoms. The Morgan fingerprint density at radius 2 is 2.21 bits per heavy atom. The molecule has 0 bridgehead atoms. The molecule has 0 radical (unpaired) electrons. The van der Waals surface area contributed by atoms with E-state index >= 15 is 0 Å². The molecule has 4 nitrogen and oxygen atoms in total. The van der Waals surface area contributed by atoms with E-state index in [1.54, 1.807) is 0 Å². The minimum absolute atomic E-state index is 0.305. The quantitative estimate of drug-likeness (QED) is 0.726. The van der Waals surface area contributed by atoms with Crippen LogP contribution >= 0.6 is 0 Å². The van der Waals surface area contributed by atoms with Crippen LogP contribution in [0.2, 0.25) is 0 Å². The summed E-state index contributed by atoms with van der Waals surface area (Å²) in [4.78, 5) is 11.2. The van der Waals surface area contributed by atoms with Crippen LogP contribution in [0.25, 0.3) is 0 Å². The molecular formula is C10H19NO3. The number of hydrogen-bond acceptors (Lipinski definition) is 3. The molecule has 2 unspecified atom stereocenters. The second-order valence-corrected chi connectivity index (χ2v) is 3.72. The largest absolute Gasteiger partial charge is 0.443 e. The zero-order chi connectivity index (χ0) is 10.4. The zero-order valence-corrected chi connectivity index (χ0v) is 8.66. The van der Waals surface area contributed by atoms with E-state index in [0.717, 1.165) is 32.1 Å². The first-order valence-electron chi connectivity index (χ1n) is 5.36. The van der Waals surface area contributed by atoms with Gasteiger partial charge in [0.1, 0.15) is 6.10 Å². The summed E-state index contributed by atoms with van der Waals surface area (Å²) in [5.41, 5.74) is 0. The van der Waals surface area contributed by atoms with E-state index in [-0.39, 0.29) is 6.10 Å². The maximum Gasteiger partial charge on any atom is 0.407 e. The van der Waals surface area contributed by atoms with E-state index in [4.69, 9.17) is 4.74 Å². The summed E-state index contributed by atoms with van der Waals surface area (Å²) >= 11 is 0. The van der Waals surface area contributed by atoms with Gasteiger partial charge in [-0.2, -0.15) is 0 Å². The molecule has 2 N–H and O–H groups in total. The molecule has 1 fully saturated rings. The molecule has 0 saturated heterocycles. The van der Waals surface area contributed by atoms with Crippen LogP contribution in [0.4, 0.5) is 4.79 Å². The summed E-state index contributed by atoms with van der Waals surface area (Å²) in [5, 5.41) is 12.2. The summed E-state index contributed by atoms with van der Waals surface area (Å²) in [7, 11) is 0. The third-order valence-corrected chi connectivity index (χ3v) is 2.45. The summed E-state index contributed by atoms with van der Waals surface area (Å²) in [6.45, 7) is 2.61. The predicted molar refractivity (Wildman–Crippen MR) is 53.0 cm³/mol. The van der Waals surface area contributed by atoms with Gasteiger partial charge in [-0.3, -0.25) is 0 Å². The first-order chi connectivity index (χ1) is 6.74. The topological polar surface area (TPSA) is 58.6 Å². The van der Waals surface area contributed by atoms with Crippen molar-refractivity contribution in [3.05, 3.63) is 0 Å². The molecule has 0 aromatic carbocycles. The fourth-order valence-corrected chi connectivity index (χ4v) is 1.62. The SMILES string of the molecule is CCCNC(=O)OC1CCCCC1O. The van der Waals surface area contributed by atoms with Crippen molar-refractivity contribution in [1.82, 2.24) is 5.32 Å².